The minimum atomic E-state index is -3.34. The quantitative estimate of drug-likeness (QED) is 0.838. The van der Waals surface area contributed by atoms with Crippen molar-refractivity contribution in [3.05, 3.63) is 41.3 Å². The molecule has 3 rings (SSSR count). The normalized spacial score (nSPS) is 24.9. The first kappa shape index (κ1) is 17.6. The van der Waals surface area contributed by atoms with Crippen molar-refractivity contribution in [2.24, 2.45) is 0 Å². The van der Waals surface area contributed by atoms with E-state index in [0.717, 1.165) is 31.5 Å². The molecular formula is C19H28N2O2S. The monoisotopic (exact) mass is 348 g/mol. The van der Waals surface area contributed by atoms with Crippen molar-refractivity contribution in [1.82, 2.24) is 9.21 Å². The highest BCUT2D eigenvalue weighted by Gasteiger charge is 2.30. The zero-order chi connectivity index (χ0) is 16.8. The summed E-state index contributed by atoms with van der Waals surface area (Å²) in [6.45, 7) is 3.53. The lowest BCUT2D eigenvalue weighted by Crippen LogP contribution is -2.49. The summed E-state index contributed by atoms with van der Waals surface area (Å²) in [6, 6.07) is 9.99. The molecule has 5 heteroatoms. The fourth-order valence-corrected chi connectivity index (χ4v) is 4.99. The van der Waals surface area contributed by atoms with Gasteiger partial charge < -0.3 is 0 Å². The van der Waals surface area contributed by atoms with Gasteiger partial charge in [0.15, 0.2) is 0 Å². The Morgan fingerprint density at radius 2 is 1.62 bits per heavy atom. The van der Waals surface area contributed by atoms with Gasteiger partial charge in [-0.2, -0.15) is 4.31 Å². The summed E-state index contributed by atoms with van der Waals surface area (Å²) in [5.74, 6) is 0. The van der Waals surface area contributed by atoms with Crippen molar-refractivity contribution in [3.63, 3.8) is 0 Å². The van der Waals surface area contributed by atoms with Gasteiger partial charge in [-0.25, -0.2) is 8.42 Å². The lowest BCUT2D eigenvalue weighted by molar-refractivity contribution is 0.139. The second kappa shape index (κ2) is 8.28. The van der Waals surface area contributed by atoms with Crippen molar-refractivity contribution in [2.45, 2.75) is 44.6 Å². The maximum atomic E-state index is 12.7. The first-order chi connectivity index (χ1) is 11.6. The third kappa shape index (κ3) is 4.68. The summed E-state index contributed by atoms with van der Waals surface area (Å²) in [6.07, 6.45) is 8.89. The van der Waals surface area contributed by atoms with E-state index in [0.29, 0.717) is 19.1 Å². The molecule has 132 valence electrons. The number of likely N-dealkylation sites (tertiary alicyclic amines) is 1. The molecule has 1 unspecified atom stereocenters. The van der Waals surface area contributed by atoms with Crippen molar-refractivity contribution >= 4 is 16.1 Å². The van der Waals surface area contributed by atoms with Crippen molar-refractivity contribution < 1.29 is 8.42 Å². The highest BCUT2D eigenvalue weighted by molar-refractivity contribution is 7.92. The van der Waals surface area contributed by atoms with Crippen LogP contribution in [0.4, 0.5) is 0 Å². The van der Waals surface area contributed by atoms with Gasteiger partial charge in [-0.15, -0.1) is 0 Å². The molecule has 1 aromatic rings. The van der Waals surface area contributed by atoms with Gasteiger partial charge >= 0.3 is 0 Å². The van der Waals surface area contributed by atoms with Crippen LogP contribution < -0.4 is 0 Å². The number of sulfonamides is 1. The van der Waals surface area contributed by atoms with Gasteiger partial charge in [0, 0.05) is 24.5 Å². The maximum absolute atomic E-state index is 12.7. The van der Waals surface area contributed by atoms with Crippen LogP contribution in [0.15, 0.2) is 35.7 Å². The van der Waals surface area contributed by atoms with E-state index >= 15 is 0 Å². The van der Waals surface area contributed by atoms with E-state index in [-0.39, 0.29) is 0 Å². The number of rotatable bonds is 4. The predicted octanol–water partition coefficient (Wildman–Crippen LogP) is 3.33. The fraction of sp³-hybridized carbons (Fsp3) is 0.579. The van der Waals surface area contributed by atoms with E-state index in [9.17, 15) is 8.42 Å². The minimum Gasteiger partial charge on any atom is -0.299 e. The lowest BCUT2D eigenvalue weighted by Gasteiger charge is -2.38. The molecule has 0 saturated carbocycles. The Bertz CT molecular complexity index is 635. The molecule has 2 saturated heterocycles. The van der Waals surface area contributed by atoms with Gasteiger partial charge in [0.1, 0.15) is 0 Å². The van der Waals surface area contributed by atoms with E-state index in [1.807, 2.05) is 30.3 Å². The Morgan fingerprint density at radius 1 is 0.917 bits per heavy atom. The molecular weight excluding hydrogens is 320 g/mol. The Labute approximate surface area is 146 Å². The third-order valence-electron chi connectivity index (χ3n) is 5.11. The number of hydrogen-bond acceptors (Lipinski definition) is 3. The largest absolute Gasteiger partial charge is 0.299 e. The molecule has 1 aromatic carbocycles. The van der Waals surface area contributed by atoms with Gasteiger partial charge in [0.05, 0.1) is 0 Å². The summed E-state index contributed by atoms with van der Waals surface area (Å²) in [5.41, 5.74) is 0.919. The predicted molar refractivity (Wildman–Crippen MR) is 99.0 cm³/mol. The van der Waals surface area contributed by atoms with Gasteiger partial charge in [-0.3, -0.25) is 4.90 Å². The second-order valence-corrected chi connectivity index (χ2v) is 8.68. The van der Waals surface area contributed by atoms with Crippen LogP contribution in [0.5, 0.6) is 0 Å². The summed E-state index contributed by atoms with van der Waals surface area (Å²) in [5, 5.41) is 1.37. The zero-order valence-electron chi connectivity index (χ0n) is 14.3. The highest BCUT2D eigenvalue weighted by atomic mass is 32.2. The molecule has 0 amide bonds. The smallest absolute Gasteiger partial charge is 0.236 e. The molecule has 2 aliphatic heterocycles. The Balaban J connectivity index is 1.65. The van der Waals surface area contributed by atoms with E-state index in [1.165, 1.54) is 31.1 Å². The zero-order valence-corrected chi connectivity index (χ0v) is 15.1. The van der Waals surface area contributed by atoms with Gasteiger partial charge in [0.2, 0.25) is 10.0 Å². The summed E-state index contributed by atoms with van der Waals surface area (Å²) >= 11 is 0. The average molecular weight is 349 g/mol. The molecule has 0 N–H and O–H groups in total. The number of benzene rings is 1. The Morgan fingerprint density at radius 3 is 2.33 bits per heavy atom. The van der Waals surface area contributed by atoms with Gasteiger partial charge in [0.25, 0.3) is 0 Å². The molecule has 2 fully saturated rings. The van der Waals surface area contributed by atoms with Crippen LogP contribution in [0.2, 0.25) is 0 Å². The van der Waals surface area contributed by atoms with Gasteiger partial charge in [-0.1, -0.05) is 43.2 Å². The standard InChI is InChI=1S/C19H28N2O2S/c22-24(23,16-12-18-9-4-3-5-10-18)21-15-8-11-19(17-21)20-13-6-1-2-7-14-20/h3-5,9-10,12,16,19H,1-2,6-8,11,13-15,17H2/b16-12+. The van der Waals surface area contributed by atoms with Crippen LogP contribution in [0, 0.1) is 0 Å². The molecule has 0 radical (unpaired) electrons. The van der Waals surface area contributed by atoms with Crippen molar-refractivity contribution in [2.75, 3.05) is 26.2 Å². The fourth-order valence-electron chi connectivity index (χ4n) is 3.73. The molecule has 0 spiro atoms. The van der Waals surface area contributed by atoms with Crippen LogP contribution in [0.3, 0.4) is 0 Å². The molecule has 4 nitrogen and oxygen atoms in total. The second-order valence-electron chi connectivity index (χ2n) is 6.86. The summed E-state index contributed by atoms with van der Waals surface area (Å²) in [4.78, 5) is 2.52. The number of nitrogens with zero attached hydrogens (tertiary/aromatic N) is 2. The van der Waals surface area contributed by atoms with Gasteiger partial charge in [-0.05, 0) is 50.4 Å². The lowest BCUT2D eigenvalue weighted by atomic mass is 10.1. The van der Waals surface area contributed by atoms with E-state index in [2.05, 4.69) is 4.90 Å². The summed E-state index contributed by atoms with van der Waals surface area (Å²) < 4.78 is 27.0. The van der Waals surface area contributed by atoms with Crippen LogP contribution >= 0.6 is 0 Å². The first-order valence-electron chi connectivity index (χ1n) is 9.12. The highest BCUT2D eigenvalue weighted by Crippen LogP contribution is 2.22. The third-order valence-corrected chi connectivity index (χ3v) is 6.64. The molecule has 1 atom stereocenters. The average Bonchev–Trinajstić information content (AvgIpc) is 2.91. The summed E-state index contributed by atoms with van der Waals surface area (Å²) in [7, 11) is -3.34. The van der Waals surface area contributed by atoms with Crippen molar-refractivity contribution in [3.8, 4) is 0 Å². The molecule has 2 heterocycles. The molecule has 2 aliphatic rings. The van der Waals surface area contributed by atoms with Crippen LogP contribution in [0.1, 0.15) is 44.1 Å². The molecule has 24 heavy (non-hydrogen) atoms. The van der Waals surface area contributed by atoms with Crippen LogP contribution in [-0.4, -0.2) is 49.8 Å². The Kier molecular flexibility index (Phi) is 6.09. The number of piperidine rings is 1. The van der Waals surface area contributed by atoms with Crippen molar-refractivity contribution in [1.29, 1.82) is 0 Å². The van der Waals surface area contributed by atoms with E-state index in [1.54, 1.807) is 10.4 Å². The van der Waals surface area contributed by atoms with E-state index < -0.39 is 10.0 Å². The minimum absolute atomic E-state index is 0.386. The van der Waals surface area contributed by atoms with Crippen LogP contribution in [0.25, 0.3) is 6.08 Å². The molecule has 0 aromatic heterocycles. The van der Waals surface area contributed by atoms with E-state index in [4.69, 9.17) is 0 Å². The maximum Gasteiger partial charge on any atom is 0.236 e. The Hall–Kier alpha value is -1.17. The first-order valence-corrected chi connectivity index (χ1v) is 10.6. The topological polar surface area (TPSA) is 40.6 Å². The number of hydrogen-bond donors (Lipinski definition) is 0. The molecule has 0 bridgehead atoms. The molecule has 0 aliphatic carbocycles. The van der Waals surface area contributed by atoms with Crippen LogP contribution in [-0.2, 0) is 10.0 Å². The SMILES string of the molecule is O=S(=O)(/C=C/c1ccccc1)N1CCCC(N2CCCCCC2)C1.